The summed E-state index contributed by atoms with van der Waals surface area (Å²) in [7, 11) is -2.77. The summed E-state index contributed by atoms with van der Waals surface area (Å²) in [6, 6.07) is 5.25. The predicted molar refractivity (Wildman–Crippen MR) is 73.7 cm³/mol. The smallest absolute Gasteiger partial charge is 0.491 e. The Morgan fingerprint density at radius 2 is 2.45 bits per heavy atom. The molecule has 0 fully saturated rings. The van der Waals surface area contributed by atoms with E-state index in [0.717, 1.165) is 10.7 Å². The summed E-state index contributed by atoms with van der Waals surface area (Å²) >= 11 is 5.94. The highest BCUT2D eigenvalue weighted by molar-refractivity contribution is 7.32. The van der Waals surface area contributed by atoms with Gasteiger partial charge in [-0.3, -0.25) is 0 Å². The Balaban J connectivity index is 2.05. The van der Waals surface area contributed by atoms with Crippen molar-refractivity contribution in [1.82, 2.24) is 5.17 Å². The number of hydrogen-bond acceptors (Lipinski definition) is 5. The Labute approximate surface area is 121 Å². The fraction of sp³-hybridized carbons (Fsp3) is 0.250. The van der Waals surface area contributed by atoms with Crippen molar-refractivity contribution in [2.24, 2.45) is 10.5 Å². The van der Waals surface area contributed by atoms with Crippen LogP contribution in [-0.4, -0.2) is 28.9 Å². The maximum absolute atomic E-state index is 10.8. The first kappa shape index (κ1) is 13.5. The van der Waals surface area contributed by atoms with Crippen LogP contribution in [0.2, 0.25) is 5.02 Å². The van der Waals surface area contributed by atoms with Crippen molar-refractivity contribution in [3.8, 4) is 5.75 Å². The maximum atomic E-state index is 10.8. The molecule has 104 valence electrons. The first-order valence-corrected chi connectivity index (χ1v) is 7.32. The van der Waals surface area contributed by atoms with Crippen LogP contribution in [0.25, 0.3) is 0 Å². The fourth-order valence-corrected chi connectivity index (χ4v) is 2.78. The number of rotatable bonds is 3. The van der Waals surface area contributed by atoms with Gasteiger partial charge in [0.1, 0.15) is 12.4 Å². The quantitative estimate of drug-likeness (QED) is 0.686. The second-order valence-electron chi connectivity index (χ2n) is 4.57. The molecule has 0 spiro atoms. The Kier molecular flexibility index (Phi) is 3.26. The monoisotopic (exact) mass is 313 g/mol. The van der Waals surface area contributed by atoms with Crippen LogP contribution in [0.1, 0.15) is 5.56 Å². The number of benzene rings is 1. The first-order chi connectivity index (χ1) is 9.54. The van der Waals surface area contributed by atoms with Crippen LogP contribution in [0.5, 0.6) is 5.75 Å². The summed E-state index contributed by atoms with van der Waals surface area (Å²) in [5.41, 5.74) is 0.911. The Morgan fingerprint density at radius 1 is 1.65 bits per heavy atom. The molecule has 1 N–H and O–H groups in total. The third kappa shape index (κ3) is 2.11. The zero-order chi connectivity index (χ0) is 14.3. The SMILES string of the molecule is C=CC12COc3cc(Cl)ccc3C1=NN(O[P+](=O)O)C2. The summed E-state index contributed by atoms with van der Waals surface area (Å²) in [6.45, 7) is 4.41. The molecule has 2 atom stereocenters. The molecule has 0 radical (unpaired) electrons. The maximum Gasteiger partial charge on any atom is 0.720 e. The molecule has 0 aliphatic carbocycles. The van der Waals surface area contributed by atoms with Crippen LogP contribution in [0.3, 0.4) is 0 Å². The van der Waals surface area contributed by atoms with E-state index in [1.165, 1.54) is 0 Å². The molecule has 0 amide bonds. The molecular formula is C12H11ClN2O4P+. The molecule has 1 aromatic carbocycles. The number of hydrogen-bond donors (Lipinski definition) is 1. The molecule has 20 heavy (non-hydrogen) atoms. The summed E-state index contributed by atoms with van der Waals surface area (Å²) in [6.07, 6.45) is 1.72. The van der Waals surface area contributed by atoms with Gasteiger partial charge in [-0.05, 0) is 18.2 Å². The minimum atomic E-state index is -2.77. The van der Waals surface area contributed by atoms with E-state index in [0.29, 0.717) is 23.1 Å². The van der Waals surface area contributed by atoms with Crippen molar-refractivity contribution in [3.05, 3.63) is 41.4 Å². The first-order valence-electron chi connectivity index (χ1n) is 5.81. The van der Waals surface area contributed by atoms with Crippen LogP contribution in [0, 0.1) is 5.41 Å². The Hall–Kier alpha value is -1.46. The third-order valence-corrected chi connectivity index (χ3v) is 3.90. The van der Waals surface area contributed by atoms with Gasteiger partial charge in [0.15, 0.2) is 0 Å². The average molecular weight is 314 g/mol. The number of fused-ring (bicyclic) bond motifs is 3. The Bertz CT molecular complexity index is 636. The standard InChI is InChI=1S/C12H10ClN2O4P/c1-2-12-6-15(19-20(16)17)14-11(12)9-4-3-8(13)5-10(9)18-7-12/h2-5H,1,6-7H2/p+1. The van der Waals surface area contributed by atoms with Gasteiger partial charge in [0, 0.05) is 19.8 Å². The molecule has 8 heteroatoms. The lowest BCUT2D eigenvalue weighted by Gasteiger charge is -2.31. The van der Waals surface area contributed by atoms with Crippen molar-refractivity contribution in [3.63, 3.8) is 0 Å². The molecule has 0 saturated carbocycles. The van der Waals surface area contributed by atoms with E-state index in [1.807, 2.05) is 0 Å². The van der Waals surface area contributed by atoms with E-state index in [2.05, 4.69) is 11.7 Å². The number of nitrogens with zero attached hydrogens (tertiary/aromatic N) is 2. The van der Waals surface area contributed by atoms with E-state index in [-0.39, 0.29) is 6.54 Å². The van der Waals surface area contributed by atoms with Crippen LogP contribution < -0.4 is 4.74 Å². The molecule has 6 nitrogen and oxygen atoms in total. The van der Waals surface area contributed by atoms with Gasteiger partial charge in [-0.15, -0.1) is 16.6 Å². The van der Waals surface area contributed by atoms with Crippen LogP contribution in [0.15, 0.2) is 36.0 Å². The van der Waals surface area contributed by atoms with E-state index >= 15 is 0 Å². The second kappa shape index (κ2) is 4.82. The van der Waals surface area contributed by atoms with E-state index in [9.17, 15) is 4.57 Å². The summed E-state index contributed by atoms with van der Waals surface area (Å²) < 4.78 is 21.2. The third-order valence-electron chi connectivity index (χ3n) is 3.34. The van der Waals surface area contributed by atoms with E-state index in [4.69, 9.17) is 25.9 Å². The summed E-state index contributed by atoms with van der Waals surface area (Å²) in [4.78, 5) is 8.84. The highest BCUT2D eigenvalue weighted by Gasteiger charge is 2.48. The second-order valence-corrected chi connectivity index (χ2v) is 5.64. The molecule has 2 aliphatic heterocycles. The summed E-state index contributed by atoms with van der Waals surface area (Å²) in [5, 5.41) is 5.92. The highest BCUT2D eigenvalue weighted by Crippen LogP contribution is 2.42. The van der Waals surface area contributed by atoms with Crippen LogP contribution in [0.4, 0.5) is 0 Å². The minimum Gasteiger partial charge on any atom is -0.491 e. The van der Waals surface area contributed by atoms with E-state index in [1.54, 1.807) is 24.3 Å². The van der Waals surface area contributed by atoms with E-state index < -0.39 is 13.7 Å². The fourth-order valence-electron chi connectivity index (χ4n) is 2.36. The predicted octanol–water partition coefficient (Wildman–Crippen LogP) is 2.51. The van der Waals surface area contributed by atoms with Gasteiger partial charge < -0.3 is 4.74 Å². The molecule has 0 saturated heterocycles. The Morgan fingerprint density at radius 3 is 3.15 bits per heavy atom. The lowest BCUT2D eigenvalue weighted by Crippen LogP contribution is -2.41. The van der Waals surface area contributed by atoms with Crippen LogP contribution >= 0.6 is 19.9 Å². The molecule has 0 bridgehead atoms. The number of hydrazone groups is 1. The largest absolute Gasteiger partial charge is 0.720 e. The van der Waals surface area contributed by atoms with Gasteiger partial charge in [0.2, 0.25) is 0 Å². The zero-order valence-electron chi connectivity index (χ0n) is 10.3. The minimum absolute atomic E-state index is 0.273. The van der Waals surface area contributed by atoms with Crippen molar-refractivity contribution >= 4 is 25.6 Å². The molecule has 1 aromatic rings. The molecule has 0 aromatic heterocycles. The van der Waals surface area contributed by atoms with Gasteiger partial charge in [-0.2, -0.15) is 5.10 Å². The van der Waals surface area contributed by atoms with Gasteiger partial charge >= 0.3 is 8.25 Å². The van der Waals surface area contributed by atoms with Gasteiger partial charge in [0.05, 0.1) is 17.7 Å². The van der Waals surface area contributed by atoms with Crippen LogP contribution in [-0.2, 0) is 9.19 Å². The topological polar surface area (TPSA) is 71.4 Å². The number of hydroxylamine groups is 1. The lowest BCUT2D eigenvalue weighted by atomic mass is 9.79. The summed E-state index contributed by atoms with van der Waals surface area (Å²) in [5.74, 6) is 0.629. The lowest BCUT2D eigenvalue weighted by molar-refractivity contribution is -0.0617. The average Bonchev–Trinajstić information content (AvgIpc) is 2.76. The molecular weight excluding hydrogens is 303 g/mol. The molecule has 2 heterocycles. The number of ether oxygens (including phenoxy) is 1. The highest BCUT2D eigenvalue weighted by atomic mass is 35.5. The van der Waals surface area contributed by atoms with Gasteiger partial charge in [0.25, 0.3) is 0 Å². The van der Waals surface area contributed by atoms with Crippen molar-refractivity contribution in [1.29, 1.82) is 0 Å². The van der Waals surface area contributed by atoms with Crippen molar-refractivity contribution < 1.29 is 18.8 Å². The van der Waals surface area contributed by atoms with Gasteiger partial charge in [-0.1, -0.05) is 17.7 Å². The van der Waals surface area contributed by atoms with Gasteiger partial charge in [-0.25, -0.2) is 0 Å². The van der Waals surface area contributed by atoms with Crippen molar-refractivity contribution in [2.75, 3.05) is 13.2 Å². The normalized spacial score (nSPS) is 24.4. The zero-order valence-corrected chi connectivity index (χ0v) is 12.0. The number of halogens is 1. The molecule has 2 unspecified atom stereocenters. The van der Waals surface area contributed by atoms with Crippen molar-refractivity contribution in [2.45, 2.75) is 0 Å². The molecule has 2 aliphatic rings. The molecule has 3 rings (SSSR count).